The lowest BCUT2D eigenvalue weighted by molar-refractivity contribution is -0.137. The van der Waals surface area contributed by atoms with Crippen molar-refractivity contribution in [3.8, 4) is 0 Å². The molecule has 0 aliphatic rings. The molecule has 0 bridgehead atoms. The molecule has 2 N–H and O–H groups in total. The van der Waals surface area contributed by atoms with Gasteiger partial charge in [-0.15, -0.1) is 0 Å². The Labute approximate surface area is 155 Å². The van der Waals surface area contributed by atoms with E-state index in [1.807, 2.05) is 5.43 Å². The highest BCUT2D eigenvalue weighted by atomic mass is 35.5. The molecule has 0 atom stereocenters. The number of hydrogen-bond donors (Lipinski definition) is 2. The van der Waals surface area contributed by atoms with Crippen molar-refractivity contribution in [2.75, 3.05) is 5.32 Å². The molecule has 0 aromatic heterocycles. The summed E-state index contributed by atoms with van der Waals surface area (Å²) in [7, 11) is 0. The van der Waals surface area contributed by atoms with E-state index in [0.29, 0.717) is 0 Å². The summed E-state index contributed by atoms with van der Waals surface area (Å²) >= 11 is 11.7. The molecule has 0 aliphatic heterocycles. The zero-order valence-corrected chi connectivity index (χ0v) is 14.3. The van der Waals surface area contributed by atoms with Gasteiger partial charge in [-0.2, -0.15) is 18.3 Å². The number of hydrazone groups is 1. The lowest BCUT2D eigenvalue weighted by atomic mass is 10.1. The van der Waals surface area contributed by atoms with Crippen molar-refractivity contribution in [1.29, 1.82) is 0 Å². The molecule has 136 valence electrons. The summed E-state index contributed by atoms with van der Waals surface area (Å²) in [6.45, 7) is 0. The van der Waals surface area contributed by atoms with Crippen molar-refractivity contribution in [1.82, 2.24) is 5.43 Å². The third-order valence-corrected chi connectivity index (χ3v) is 3.86. The maximum Gasteiger partial charge on any atom is 0.417 e. The number of nitrogens with zero attached hydrogens (tertiary/aromatic N) is 1. The molecule has 26 heavy (non-hydrogen) atoms. The molecule has 2 aromatic carbocycles. The highest BCUT2D eigenvalue weighted by molar-refractivity contribution is 6.45. The maximum absolute atomic E-state index is 12.8. The van der Waals surface area contributed by atoms with Gasteiger partial charge in [-0.3, -0.25) is 9.59 Å². The van der Waals surface area contributed by atoms with Crippen LogP contribution in [0.25, 0.3) is 0 Å². The van der Waals surface area contributed by atoms with Crippen molar-refractivity contribution < 1.29 is 22.8 Å². The van der Waals surface area contributed by atoms with Gasteiger partial charge < -0.3 is 5.32 Å². The number of benzene rings is 2. The van der Waals surface area contributed by atoms with E-state index < -0.39 is 23.6 Å². The predicted octanol–water partition coefficient (Wildman–Crippen LogP) is 4.10. The van der Waals surface area contributed by atoms with E-state index in [-0.39, 0.29) is 21.3 Å². The van der Waals surface area contributed by atoms with E-state index in [1.54, 1.807) is 0 Å². The first-order chi connectivity index (χ1) is 12.2. The molecular formula is C16H10Cl2F3N3O2. The quantitative estimate of drug-likeness (QED) is 0.460. The fraction of sp³-hybridized carbons (Fsp3) is 0.0625. The molecule has 0 spiro atoms. The van der Waals surface area contributed by atoms with Crippen molar-refractivity contribution in [3.63, 3.8) is 0 Å². The average Bonchev–Trinajstić information content (AvgIpc) is 2.58. The zero-order chi connectivity index (χ0) is 19.3. The Bertz CT molecular complexity index is 870. The molecular weight excluding hydrogens is 394 g/mol. The van der Waals surface area contributed by atoms with Crippen LogP contribution in [0.5, 0.6) is 0 Å². The average molecular weight is 404 g/mol. The smallest absolute Gasteiger partial charge is 0.316 e. The molecule has 5 nitrogen and oxygen atoms in total. The van der Waals surface area contributed by atoms with Crippen LogP contribution < -0.4 is 10.7 Å². The Kier molecular flexibility index (Phi) is 6.23. The summed E-state index contributed by atoms with van der Waals surface area (Å²) < 4.78 is 38.5. The second kappa shape index (κ2) is 8.20. The topological polar surface area (TPSA) is 70.6 Å². The van der Waals surface area contributed by atoms with Crippen molar-refractivity contribution in [2.45, 2.75) is 6.18 Å². The molecule has 0 fully saturated rings. The highest BCUT2D eigenvalue weighted by Crippen LogP contribution is 2.31. The second-order valence-corrected chi connectivity index (χ2v) is 5.62. The van der Waals surface area contributed by atoms with Gasteiger partial charge in [0.25, 0.3) is 0 Å². The minimum absolute atomic E-state index is 0.0397. The van der Waals surface area contributed by atoms with Crippen LogP contribution in [-0.2, 0) is 15.8 Å². The van der Waals surface area contributed by atoms with Crippen LogP contribution in [-0.4, -0.2) is 18.0 Å². The molecule has 0 unspecified atom stereocenters. The lowest BCUT2D eigenvalue weighted by Gasteiger charge is -2.09. The van der Waals surface area contributed by atoms with Gasteiger partial charge in [0.05, 0.1) is 27.5 Å². The number of hydrogen-bond acceptors (Lipinski definition) is 3. The van der Waals surface area contributed by atoms with Gasteiger partial charge in [-0.25, -0.2) is 5.43 Å². The highest BCUT2D eigenvalue weighted by Gasteiger charge is 2.32. The normalized spacial score (nSPS) is 11.4. The predicted molar refractivity (Wildman–Crippen MR) is 92.3 cm³/mol. The molecule has 0 saturated carbocycles. The SMILES string of the molecule is O=C(N/N=C/c1ccccc1C(F)(F)F)C(=O)Nc1cccc(Cl)c1Cl. The monoisotopic (exact) mass is 403 g/mol. The Morgan fingerprint density at radius 2 is 1.69 bits per heavy atom. The van der Waals surface area contributed by atoms with E-state index >= 15 is 0 Å². The molecule has 0 radical (unpaired) electrons. The summed E-state index contributed by atoms with van der Waals surface area (Å²) in [5, 5.41) is 5.80. The minimum Gasteiger partial charge on any atom is -0.316 e. The lowest BCUT2D eigenvalue weighted by Crippen LogP contribution is -2.32. The Morgan fingerprint density at radius 3 is 2.38 bits per heavy atom. The number of anilines is 1. The first-order valence-electron chi connectivity index (χ1n) is 6.95. The number of carbonyl (C=O) groups is 2. The number of rotatable bonds is 3. The summed E-state index contributed by atoms with van der Waals surface area (Å²) in [4.78, 5) is 23.4. The van der Waals surface area contributed by atoms with Crippen LogP contribution in [0.4, 0.5) is 18.9 Å². The summed E-state index contributed by atoms with van der Waals surface area (Å²) in [6.07, 6.45) is -3.78. The molecule has 2 rings (SSSR count). The molecule has 2 aromatic rings. The van der Waals surface area contributed by atoms with Crippen molar-refractivity contribution >= 4 is 46.9 Å². The van der Waals surface area contributed by atoms with Crippen LogP contribution in [0.3, 0.4) is 0 Å². The van der Waals surface area contributed by atoms with Crippen molar-refractivity contribution in [2.24, 2.45) is 5.10 Å². The number of halogens is 5. The summed E-state index contributed by atoms with van der Waals surface area (Å²) in [5.74, 6) is -2.31. The molecule has 0 heterocycles. The zero-order valence-electron chi connectivity index (χ0n) is 12.8. The number of carbonyl (C=O) groups excluding carboxylic acids is 2. The molecule has 2 amide bonds. The van der Waals surface area contributed by atoms with Gasteiger partial charge in [0.2, 0.25) is 0 Å². The van der Waals surface area contributed by atoms with Crippen LogP contribution in [0.2, 0.25) is 10.0 Å². The number of alkyl halides is 3. The van der Waals surface area contributed by atoms with Crippen LogP contribution in [0.1, 0.15) is 11.1 Å². The van der Waals surface area contributed by atoms with Gasteiger partial charge in [0, 0.05) is 5.56 Å². The third-order valence-electron chi connectivity index (χ3n) is 3.04. The van der Waals surface area contributed by atoms with Crippen molar-refractivity contribution in [3.05, 3.63) is 63.6 Å². The maximum atomic E-state index is 12.8. The number of amides is 2. The van der Waals surface area contributed by atoms with E-state index in [9.17, 15) is 22.8 Å². The fourth-order valence-electron chi connectivity index (χ4n) is 1.86. The van der Waals surface area contributed by atoms with Gasteiger partial charge in [0.15, 0.2) is 0 Å². The molecule has 0 aliphatic carbocycles. The van der Waals surface area contributed by atoms with E-state index in [2.05, 4.69) is 10.4 Å². The van der Waals surface area contributed by atoms with Gasteiger partial charge >= 0.3 is 18.0 Å². The van der Waals surface area contributed by atoms with E-state index in [0.717, 1.165) is 12.3 Å². The first kappa shape index (κ1) is 19.7. The number of nitrogens with one attached hydrogen (secondary N) is 2. The minimum atomic E-state index is -4.58. The van der Waals surface area contributed by atoms with Gasteiger partial charge in [0.1, 0.15) is 0 Å². The van der Waals surface area contributed by atoms with Crippen LogP contribution in [0, 0.1) is 0 Å². The van der Waals surface area contributed by atoms with Gasteiger partial charge in [-0.1, -0.05) is 47.5 Å². The Balaban J connectivity index is 2.04. The summed E-state index contributed by atoms with van der Waals surface area (Å²) in [6, 6.07) is 9.06. The molecule has 0 saturated heterocycles. The van der Waals surface area contributed by atoms with Crippen LogP contribution in [0.15, 0.2) is 47.6 Å². The van der Waals surface area contributed by atoms with E-state index in [4.69, 9.17) is 23.2 Å². The van der Waals surface area contributed by atoms with E-state index in [1.165, 1.54) is 36.4 Å². The molecule has 10 heteroatoms. The first-order valence-corrected chi connectivity index (χ1v) is 7.70. The second-order valence-electron chi connectivity index (χ2n) is 4.84. The largest absolute Gasteiger partial charge is 0.417 e. The van der Waals surface area contributed by atoms with Gasteiger partial charge in [-0.05, 0) is 18.2 Å². The Morgan fingerprint density at radius 1 is 1.00 bits per heavy atom. The van der Waals surface area contributed by atoms with Crippen LogP contribution >= 0.6 is 23.2 Å². The third kappa shape index (κ3) is 4.96. The fourth-order valence-corrected chi connectivity index (χ4v) is 2.21. The Hall–Kier alpha value is -2.58. The summed E-state index contributed by atoms with van der Waals surface area (Å²) in [5.41, 5.74) is 0.753. The standard InChI is InChI=1S/C16H10Cl2F3N3O2/c17-11-6-3-7-12(13(11)18)23-14(25)15(26)24-22-8-9-4-1-2-5-10(9)16(19,20)21/h1-8H,(H,23,25)(H,24,26)/b22-8+.